The van der Waals surface area contributed by atoms with Crippen molar-refractivity contribution in [3.05, 3.63) is 104 Å². The summed E-state index contributed by atoms with van der Waals surface area (Å²) in [5.41, 5.74) is 6.50. The van der Waals surface area contributed by atoms with Crippen LogP contribution in [-0.4, -0.2) is 45.8 Å². The Hall–Kier alpha value is -4.76. The van der Waals surface area contributed by atoms with E-state index in [2.05, 4.69) is 45.7 Å². The van der Waals surface area contributed by atoms with Gasteiger partial charge in [-0.05, 0) is 99.2 Å². The molecular weight excluding hydrogens is 1050 g/mol. The van der Waals surface area contributed by atoms with E-state index in [9.17, 15) is 0 Å². The Morgan fingerprint density at radius 3 is 1.41 bits per heavy atom. The van der Waals surface area contributed by atoms with E-state index >= 15 is 8.78 Å². The predicted molar refractivity (Wildman–Crippen MR) is 292 cm³/mol. The Bertz CT molecular complexity index is 2840. The molecule has 0 spiro atoms. The molecule has 0 fully saturated rings. The first-order chi connectivity index (χ1) is 34.2. The van der Waals surface area contributed by atoms with Crippen molar-refractivity contribution in [1.29, 1.82) is 0 Å². The standard InChI is InChI=1S/C56H61Br2F2N5O3S2/c1-5-7-9-11-13-14-16-18-22-36(21-17-15-12-10-8-6-2)35-68-56-42(59)33-39(34-43(56)60)65-63-54-48(44-27-29-46(57)69-44)52-53(49(55(54)64-65)45-28-30-47(58)70-45)62-51(38-24-20-26-41(32-38)67-4)50(61-52)37-23-19-25-40(31-37)66-3/h19-20,23-34,36H,5-18,21-22,35H2,1-4H3. The van der Waals surface area contributed by atoms with Crippen molar-refractivity contribution in [2.75, 3.05) is 20.8 Å². The van der Waals surface area contributed by atoms with Crippen LogP contribution in [0.3, 0.4) is 0 Å². The first kappa shape index (κ1) is 51.6. The van der Waals surface area contributed by atoms with Gasteiger partial charge in [-0.1, -0.05) is 128 Å². The molecule has 8 aromatic rings. The zero-order valence-corrected chi connectivity index (χ0v) is 45.3. The first-order valence-corrected chi connectivity index (χ1v) is 28.0. The molecular formula is C56H61Br2F2N5O3S2. The Kier molecular flexibility index (Phi) is 18.5. The highest BCUT2D eigenvalue weighted by Gasteiger charge is 2.28. The largest absolute Gasteiger partial charge is 0.497 e. The van der Waals surface area contributed by atoms with Gasteiger partial charge in [0.15, 0.2) is 17.4 Å². The van der Waals surface area contributed by atoms with E-state index in [4.69, 9.17) is 34.4 Å². The Balaban J connectivity index is 1.20. The number of halogens is 4. The molecule has 70 heavy (non-hydrogen) atoms. The molecule has 0 amide bonds. The molecule has 0 saturated heterocycles. The fraction of sp³-hybridized carbons (Fsp3) is 0.393. The summed E-state index contributed by atoms with van der Waals surface area (Å²) in [4.78, 5) is 14.1. The molecule has 0 aliphatic carbocycles. The third-order valence-corrected chi connectivity index (χ3v) is 16.2. The highest BCUT2D eigenvalue weighted by Crippen LogP contribution is 2.48. The van der Waals surface area contributed by atoms with E-state index in [1.54, 1.807) is 14.2 Å². The van der Waals surface area contributed by atoms with Crippen molar-refractivity contribution in [3.8, 4) is 66.3 Å². The van der Waals surface area contributed by atoms with Crippen LogP contribution in [0.15, 0.2) is 92.5 Å². The van der Waals surface area contributed by atoms with Gasteiger partial charge in [0.2, 0.25) is 0 Å². The fourth-order valence-electron chi connectivity index (χ4n) is 9.17. The number of hydrogen-bond acceptors (Lipinski definition) is 9. The number of methoxy groups -OCH3 is 2. The van der Waals surface area contributed by atoms with Crippen LogP contribution in [0.5, 0.6) is 17.2 Å². The molecule has 14 heteroatoms. The lowest BCUT2D eigenvalue weighted by molar-refractivity contribution is 0.208. The molecule has 1 atom stereocenters. The quantitative estimate of drug-likeness (QED) is 0.0500. The Morgan fingerprint density at radius 2 is 1.00 bits per heavy atom. The molecule has 4 aromatic carbocycles. The van der Waals surface area contributed by atoms with E-state index in [0.717, 1.165) is 54.1 Å². The molecule has 0 saturated carbocycles. The number of thiophene rings is 2. The van der Waals surface area contributed by atoms with Crippen LogP contribution in [0.25, 0.3) is 71.2 Å². The van der Waals surface area contributed by atoms with Crippen LogP contribution in [0.4, 0.5) is 8.78 Å². The Labute approximate surface area is 435 Å². The van der Waals surface area contributed by atoms with E-state index in [1.165, 1.54) is 117 Å². The molecule has 4 aromatic heterocycles. The van der Waals surface area contributed by atoms with E-state index in [0.29, 0.717) is 56.1 Å². The molecule has 0 N–H and O–H groups in total. The van der Waals surface area contributed by atoms with Crippen LogP contribution in [0.2, 0.25) is 0 Å². The summed E-state index contributed by atoms with van der Waals surface area (Å²) in [5.74, 6) is -0.407. The number of benzene rings is 4. The second kappa shape index (κ2) is 25.1. The third-order valence-electron chi connectivity index (χ3n) is 12.9. The lowest BCUT2D eigenvalue weighted by Gasteiger charge is -2.19. The number of fused-ring (bicyclic) bond motifs is 2. The van der Waals surface area contributed by atoms with Gasteiger partial charge in [-0.2, -0.15) is 4.80 Å². The molecule has 0 aliphatic heterocycles. The first-order valence-electron chi connectivity index (χ1n) is 24.8. The average Bonchev–Trinajstić information content (AvgIpc) is 4.14. The SMILES string of the molecule is CCCCCCCCCCC(CCCCCCCC)COc1c(F)cc(-n2nc3c(-c4ccc(Br)s4)c4nc(-c5cccc(OC)c5)c(-c5cccc(OC)c5)nc4c(-c4ccc(Br)s4)c3n2)cc1F. The summed E-state index contributed by atoms with van der Waals surface area (Å²) in [6.07, 6.45) is 19.1. The summed E-state index contributed by atoms with van der Waals surface area (Å²) in [6.45, 7) is 4.74. The van der Waals surface area contributed by atoms with Gasteiger partial charge < -0.3 is 14.2 Å². The maximum atomic E-state index is 16.4. The monoisotopic (exact) mass is 1110 g/mol. The van der Waals surface area contributed by atoms with Crippen molar-refractivity contribution in [2.24, 2.45) is 5.92 Å². The van der Waals surface area contributed by atoms with E-state index in [1.807, 2.05) is 72.8 Å². The topological polar surface area (TPSA) is 84.2 Å². The third kappa shape index (κ3) is 12.5. The van der Waals surface area contributed by atoms with Crippen molar-refractivity contribution in [3.63, 3.8) is 0 Å². The summed E-state index contributed by atoms with van der Waals surface area (Å²) in [5, 5.41) is 10.1. The zero-order valence-electron chi connectivity index (χ0n) is 40.5. The predicted octanol–water partition coefficient (Wildman–Crippen LogP) is 18.3. The molecule has 0 aliphatic rings. The molecule has 8 nitrogen and oxygen atoms in total. The maximum Gasteiger partial charge on any atom is 0.190 e. The summed E-state index contributed by atoms with van der Waals surface area (Å²) >= 11 is 10.4. The molecule has 1 unspecified atom stereocenters. The van der Waals surface area contributed by atoms with Gasteiger partial charge in [0.25, 0.3) is 0 Å². The van der Waals surface area contributed by atoms with Gasteiger partial charge in [0, 0.05) is 44.1 Å². The normalized spacial score (nSPS) is 12.1. The second-order valence-electron chi connectivity index (χ2n) is 18.0. The van der Waals surface area contributed by atoms with Gasteiger partial charge in [-0.25, -0.2) is 18.7 Å². The molecule has 4 heterocycles. The van der Waals surface area contributed by atoms with Crippen molar-refractivity contribution in [1.82, 2.24) is 25.0 Å². The highest BCUT2D eigenvalue weighted by molar-refractivity contribution is 9.11. The average molecular weight is 1110 g/mol. The minimum atomic E-state index is -0.800. The minimum absolute atomic E-state index is 0.122. The summed E-state index contributed by atoms with van der Waals surface area (Å²) in [7, 11) is 3.27. The van der Waals surface area contributed by atoms with Gasteiger partial charge in [-0.3, -0.25) is 0 Å². The van der Waals surface area contributed by atoms with Crippen LogP contribution < -0.4 is 14.2 Å². The van der Waals surface area contributed by atoms with Crippen LogP contribution >= 0.6 is 54.5 Å². The second-order valence-corrected chi connectivity index (χ2v) is 22.9. The van der Waals surface area contributed by atoms with Crippen LogP contribution in [-0.2, 0) is 0 Å². The van der Waals surface area contributed by atoms with Gasteiger partial charge >= 0.3 is 0 Å². The summed E-state index contributed by atoms with van der Waals surface area (Å²) < 4.78 is 52.0. The van der Waals surface area contributed by atoms with E-state index < -0.39 is 11.6 Å². The molecule has 8 rings (SSSR count). The highest BCUT2D eigenvalue weighted by atomic mass is 79.9. The van der Waals surface area contributed by atoms with Gasteiger partial charge in [0.1, 0.15) is 33.6 Å². The van der Waals surface area contributed by atoms with Crippen molar-refractivity contribution < 1.29 is 23.0 Å². The molecule has 0 bridgehead atoms. The van der Waals surface area contributed by atoms with Gasteiger partial charge in [-0.15, -0.1) is 32.9 Å². The van der Waals surface area contributed by atoms with Crippen LogP contribution in [0, 0.1) is 17.6 Å². The number of hydrogen-bond donors (Lipinski definition) is 0. The van der Waals surface area contributed by atoms with Gasteiger partial charge in [0.05, 0.1) is 45.5 Å². The smallest absolute Gasteiger partial charge is 0.190 e. The lowest BCUT2D eigenvalue weighted by Crippen LogP contribution is -2.14. The Morgan fingerprint density at radius 1 is 0.557 bits per heavy atom. The molecule has 368 valence electrons. The number of ether oxygens (including phenoxy) is 3. The van der Waals surface area contributed by atoms with E-state index in [-0.39, 0.29) is 24.0 Å². The zero-order chi connectivity index (χ0) is 49.0. The number of unbranched alkanes of at least 4 members (excludes halogenated alkanes) is 12. The number of aromatic nitrogens is 5. The maximum absolute atomic E-state index is 16.4. The molecule has 0 radical (unpaired) electrons. The fourth-order valence-corrected chi connectivity index (χ4v) is 12.0. The summed E-state index contributed by atoms with van der Waals surface area (Å²) in [6, 6.07) is 26.0. The van der Waals surface area contributed by atoms with Crippen molar-refractivity contribution in [2.45, 2.75) is 117 Å². The number of nitrogens with zero attached hydrogens (tertiary/aromatic N) is 5. The minimum Gasteiger partial charge on any atom is -0.497 e. The lowest BCUT2D eigenvalue weighted by atomic mass is 9.94. The number of rotatable bonds is 26. The van der Waals surface area contributed by atoms with Crippen molar-refractivity contribution >= 4 is 76.6 Å². The van der Waals surface area contributed by atoms with Crippen LogP contribution in [0.1, 0.15) is 117 Å².